The van der Waals surface area contributed by atoms with E-state index in [0.717, 1.165) is 23.4 Å². The van der Waals surface area contributed by atoms with Gasteiger partial charge in [0.1, 0.15) is 0 Å². The molecule has 0 amide bonds. The molecule has 0 spiro atoms. The van der Waals surface area contributed by atoms with Crippen LogP contribution in [0, 0.1) is 0 Å². The van der Waals surface area contributed by atoms with Gasteiger partial charge in [0.05, 0.1) is 6.04 Å². The average molecular weight is 274 g/mol. The van der Waals surface area contributed by atoms with Crippen LogP contribution in [0.3, 0.4) is 0 Å². The zero-order valence-electron chi connectivity index (χ0n) is 10.5. The van der Waals surface area contributed by atoms with E-state index >= 15 is 0 Å². The van der Waals surface area contributed by atoms with Crippen LogP contribution in [0.1, 0.15) is 35.2 Å². The predicted octanol–water partition coefficient (Wildman–Crippen LogP) is 2.97. The van der Waals surface area contributed by atoms with Crippen molar-refractivity contribution < 1.29 is 0 Å². The van der Waals surface area contributed by atoms with Crippen LogP contribution < -0.4 is 11.3 Å². The molecule has 0 fully saturated rings. The van der Waals surface area contributed by atoms with Gasteiger partial charge in [0, 0.05) is 22.8 Å². The van der Waals surface area contributed by atoms with Gasteiger partial charge in [-0.1, -0.05) is 29.8 Å². The fraction of sp³-hybridized carbons (Fsp3) is 0.267. The molecule has 2 unspecified atom stereocenters. The first kappa shape index (κ1) is 12.6. The molecule has 0 saturated carbocycles. The lowest BCUT2D eigenvalue weighted by atomic mass is 9.91. The van der Waals surface area contributed by atoms with Gasteiger partial charge in [-0.3, -0.25) is 16.3 Å². The van der Waals surface area contributed by atoms with Crippen molar-refractivity contribution >= 4 is 11.6 Å². The number of hydrogen-bond acceptors (Lipinski definition) is 3. The minimum atomic E-state index is 0.0772. The molecule has 4 heteroatoms. The van der Waals surface area contributed by atoms with E-state index < -0.39 is 0 Å². The van der Waals surface area contributed by atoms with Gasteiger partial charge in [-0.15, -0.1) is 0 Å². The van der Waals surface area contributed by atoms with Gasteiger partial charge >= 0.3 is 0 Å². The Labute approximate surface area is 117 Å². The van der Waals surface area contributed by atoms with Crippen molar-refractivity contribution in [2.45, 2.75) is 24.8 Å². The van der Waals surface area contributed by atoms with Crippen LogP contribution in [0.2, 0.25) is 5.02 Å². The Bertz CT molecular complexity index is 568. The van der Waals surface area contributed by atoms with Gasteiger partial charge in [-0.25, -0.2) is 0 Å². The second-order valence-corrected chi connectivity index (χ2v) is 5.33. The van der Waals surface area contributed by atoms with Crippen molar-refractivity contribution in [2.24, 2.45) is 5.84 Å². The highest BCUT2D eigenvalue weighted by atomic mass is 35.5. The number of halogens is 1. The molecule has 1 aliphatic rings. The Morgan fingerprint density at radius 3 is 2.79 bits per heavy atom. The van der Waals surface area contributed by atoms with E-state index in [0.29, 0.717) is 5.92 Å². The highest BCUT2D eigenvalue weighted by molar-refractivity contribution is 6.30. The van der Waals surface area contributed by atoms with Crippen LogP contribution in [0.25, 0.3) is 0 Å². The molecule has 0 radical (unpaired) electrons. The molecular weight excluding hydrogens is 258 g/mol. The monoisotopic (exact) mass is 273 g/mol. The SMILES string of the molecule is NNC(c1ccc(Cl)cc1)C1CCc2cccnc21. The molecule has 3 nitrogen and oxygen atoms in total. The van der Waals surface area contributed by atoms with Crippen molar-refractivity contribution in [3.8, 4) is 0 Å². The number of benzene rings is 1. The molecule has 0 aliphatic heterocycles. The Hall–Kier alpha value is -1.42. The van der Waals surface area contributed by atoms with Gasteiger partial charge in [0.15, 0.2) is 0 Å². The molecule has 3 rings (SSSR count). The quantitative estimate of drug-likeness (QED) is 0.668. The van der Waals surface area contributed by atoms with Crippen molar-refractivity contribution in [1.29, 1.82) is 0 Å². The Morgan fingerprint density at radius 1 is 1.26 bits per heavy atom. The first-order valence-corrected chi connectivity index (χ1v) is 6.83. The van der Waals surface area contributed by atoms with Gasteiger partial charge in [-0.2, -0.15) is 0 Å². The summed E-state index contributed by atoms with van der Waals surface area (Å²) < 4.78 is 0. The predicted molar refractivity (Wildman–Crippen MR) is 76.8 cm³/mol. The summed E-state index contributed by atoms with van der Waals surface area (Å²) in [6, 6.07) is 12.1. The average Bonchev–Trinajstić information content (AvgIpc) is 2.86. The van der Waals surface area contributed by atoms with E-state index in [1.165, 1.54) is 11.3 Å². The number of hydrazine groups is 1. The lowest BCUT2D eigenvalue weighted by Crippen LogP contribution is -2.32. The number of nitrogens with zero attached hydrogens (tertiary/aromatic N) is 1. The van der Waals surface area contributed by atoms with E-state index in [1.54, 1.807) is 0 Å². The van der Waals surface area contributed by atoms with E-state index in [9.17, 15) is 0 Å². The van der Waals surface area contributed by atoms with Gasteiger partial charge < -0.3 is 0 Å². The summed E-state index contributed by atoms with van der Waals surface area (Å²) in [5, 5.41) is 0.740. The number of aryl methyl sites for hydroxylation is 1. The standard InChI is InChI=1S/C15H16ClN3/c16-12-6-3-11(4-7-12)15(19-17)13-8-5-10-2-1-9-18-14(10)13/h1-4,6-7,9,13,15,19H,5,8,17H2. The molecule has 98 valence electrons. The summed E-state index contributed by atoms with van der Waals surface area (Å²) in [5.74, 6) is 6.09. The zero-order chi connectivity index (χ0) is 13.2. The van der Waals surface area contributed by atoms with Gasteiger partial charge in [-0.05, 0) is 42.2 Å². The number of pyridine rings is 1. The van der Waals surface area contributed by atoms with Crippen molar-refractivity contribution in [2.75, 3.05) is 0 Å². The Kier molecular flexibility index (Phi) is 3.51. The first-order chi connectivity index (χ1) is 9.29. The topological polar surface area (TPSA) is 50.9 Å². The summed E-state index contributed by atoms with van der Waals surface area (Å²) in [6.07, 6.45) is 4.00. The van der Waals surface area contributed by atoms with Crippen molar-refractivity contribution in [1.82, 2.24) is 10.4 Å². The lowest BCUT2D eigenvalue weighted by Gasteiger charge is -2.23. The number of aromatic nitrogens is 1. The number of rotatable bonds is 3. The van der Waals surface area contributed by atoms with Crippen LogP contribution in [-0.2, 0) is 6.42 Å². The number of nitrogens with one attached hydrogen (secondary N) is 1. The first-order valence-electron chi connectivity index (χ1n) is 6.45. The highest BCUT2D eigenvalue weighted by Crippen LogP contribution is 2.40. The normalized spacial score (nSPS) is 19.2. The maximum atomic E-state index is 5.94. The van der Waals surface area contributed by atoms with Crippen LogP contribution >= 0.6 is 11.6 Å². The smallest absolute Gasteiger partial charge is 0.0543 e. The Morgan fingerprint density at radius 2 is 2.05 bits per heavy atom. The van der Waals surface area contributed by atoms with E-state index in [2.05, 4.69) is 16.5 Å². The summed E-state index contributed by atoms with van der Waals surface area (Å²) in [7, 11) is 0. The molecule has 1 aromatic heterocycles. The summed E-state index contributed by atoms with van der Waals surface area (Å²) in [5.41, 5.74) is 6.59. The fourth-order valence-electron chi connectivity index (χ4n) is 2.88. The van der Waals surface area contributed by atoms with Crippen LogP contribution in [-0.4, -0.2) is 4.98 Å². The fourth-order valence-corrected chi connectivity index (χ4v) is 3.01. The van der Waals surface area contributed by atoms with E-state index in [-0.39, 0.29) is 6.04 Å². The maximum absolute atomic E-state index is 5.94. The van der Waals surface area contributed by atoms with Crippen LogP contribution in [0.15, 0.2) is 42.6 Å². The van der Waals surface area contributed by atoms with Crippen LogP contribution in [0.5, 0.6) is 0 Å². The zero-order valence-corrected chi connectivity index (χ0v) is 11.3. The molecule has 1 aromatic carbocycles. The molecule has 1 heterocycles. The third-order valence-electron chi connectivity index (χ3n) is 3.81. The van der Waals surface area contributed by atoms with Gasteiger partial charge in [0.2, 0.25) is 0 Å². The maximum Gasteiger partial charge on any atom is 0.0543 e. The minimum absolute atomic E-state index is 0.0772. The van der Waals surface area contributed by atoms with E-state index in [1.807, 2.05) is 36.5 Å². The molecule has 0 saturated heterocycles. The minimum Gasteiger partial charge on any atom is -0.271 e. The van der Waals surface area contributed by atoms with Crippen molar-refractivity contribution in [3.63, 3.8) is 0 Å². The molecule has 19 heavy (non-hydrogen) atoms. The number of hydrogen-bond donors (Lipinski definition) is 2. The number of nitrogens with two attached hydrogens (primary N) is 1. The molecule has 2 atom stereocenters. The molecule has 1 aliphatic carbocycles. The second-order valence-electron chi connectivity index (χ2n) is 4.89. The lowest BCUT2D eigenvalue weighted by molar-refractivity contribution is 0.447. The number of fused-ring (bicyclic) bond motifs is 1. The van der Waals surface area contributed by atoms with Crippen LogP contribution in [0.4, 0.5) is 0 Å². The summed E-state index contributed by atoms with van der Waals surface area (Å²) >= 11 is 5.94. The third kappa shape index (κ3) is 2.37. The molecule has 2 aromatic rings. The summed E-state index contributed by atoms with van der Waals surface area (Å²) in [4.78, 5) is 4.53. The molecular formula is C15H16ClN3. The van der Waals surface area contributed by atoms with Crippen molar-refractivity contribution in [3.05, 3.63) is 64.4 Å². The van der Waals surface area contributed by atoms with Gasteiger partial charge in [0.25, 0.3) is 0 Å². The molecule has 0 bridgehead atoms. The van der Waals surface area contributed by atoms with E-state index in [4.69, 9.17) is 17.4 Å². The second kappa shape index (κ2) is 5.29. The highest BCUT2D eigenvalue weighted by Gasteiger charge is 2.31. The summed E-state index contributed by atoms with van der Waals surface area (Å²) in [6.45, 7) is 0. The molecule has 3 N–H and O–H groups in total. The Balaban J connectivity index is 1.94. The third-order valence-corrected chi connectivity index (χ3v) is 4.07. The largest absolute Gasteiger partial charge is 0.271 e.